The third-order valence-electron chi connectivity index (χ3n) is 7.69. The second-order valence-electron chi connectivity index (χ2n) is 9.89. The maximum absolute atomic E-state index is 3.93. The second kappa shape index (κ2) is 5.95. The van der Waals surface area contributed by atoms with Gasteiger partial charge in [0, 0.05) is 14.4 Å². The van der Waals surface area contributed by atoms with Crippen LogP contribution < -0.4 is 0 Å². The maximum Gasteiger partial charge on any atom is 0.0318 e. The van der Waals surface area contributed by atoms with Crippen molar-refractivity contribution in [1.29, 1.82) is 0 Å². The number of hydrogen-bond donors (Lipinski definition) is 0. The Labute approximate surface area is 185 Å². The zero-order chi connectivity index (χ0) is 19.9. The summed E-state index contributed by atoms with van der Waals surface area (Å²) in [6.45, 7) is 9.99. The fourth-order valence-electron chi connectivity index (χ4n) is 6.83. The Balaban J connectivity index is 2.04. The van der Waals surface area contributed by atoms with Crippen molar-refractivity contribution in [3.05, 3.63) is 68.6 Å². The minimum absolute atomic E-state index is 0.000746. The molecule has 0 atom stereocenters. The van der Waals surface area contributed by atoms with Crippen molar-refractivity contribution in [1.82, 2.24) is 0 Å². The molecule has 1 fully saturated rings. The van der Waals surface area contributed by atoms with Crippen LogP contribution in [0.4, 0.5) is 0 Å². The lowest BCUT2D eigenvalue weighted by Crippen LogP contribution is -2.55. The van der Waals surface area contributed by atoms with Gasteiger partial charge in [-0.1, -0.05) is 96.3 Å². The van der Waals surface area contributed by atoms with E-state index in [-0.39, 0.29) is 16.2 Å². The zero-order valence-corrected chi connectivity index (χ0v) is 20.2. The molecule has 2 aliphatic rings. The van der Waals surface area contributed by atoms with Gasteiger partial charge in [0.25, 0.3) is 0 Å². The second-order valence-corrected chi connectivity index (χ2v) is 11.7. The molecule has 1 saturated carbocycles. The van der Waals surface area contributed by atoms with Crippen LogP contribution in [0.5, 0.6) is 0 Å². The molecule has 0 nitrogen and oxygen atoms in total. The van der Waals surface area contributed by atoms with E-state index >= 15 is 0 Å². The van der Waals surface area contributed by atoms with Crippen molar-refractivity contribution in [2.75, 3.05) is 0 Å². The van der Waals surface area contributed by atoms with Gasteiger partial charge >= 0.3 is 0 Å². The molecular weight excluding hydrogens is 472 g/mol. The van der Waals surface area contributed by atoms with E-state index in [1.165, 1.54) is 61.2 Å². The summed E-state index contributed by atoms with van der Waals surface area (Å²) < 4.78 is 2.39. The Morgan fingerprint density at radius 3 is 2.07 bits per heavy atom. The van der Waals surface area contributed by atoms with Gasteiger partial charge in [-0.3, -0.25) is 0 Å². The predicted octanol–water partition coefficient (Wildman–Crippen LogP) is 8.87. The molecule has 0 aromatic heterocycles. The van der Waals surface area contributed by atoms with E-state index in [0.717, 1.165) is 0 Å². The highest BCUT2D eigenvalue weighted by Crippen LogP contribution is 2.70. The average molecular weight is 498 g/mol. The standard InChI is InChI=1S/C26H26Br2/c1-24(2)12-7-13-25(3,4)26(24)20-14-16(27)10-11-19(20)23-18-9-6-5-8-17(18)22(28)15-21(23)26/h5-6,8-11,14-15H,7,12-13H2,1-4H3. The fraction of sp³-hybridized carbons (Fsp3) is 0.385. The first-order chi connectivity index (χ1) is 13.2. The third-order valence-corrected chi connectivity index (χ3v) is 8.84. The molecule has 1 spiro atoms. The molecule has 0 N–H and O–H groups in total. The summed E-state index contributed by atoms with van der Waals surface area (Å²) in [5.74, 6) is 0. The van der Waals surface area contributed by atoms with Gasteiger partial charge in [-0.25, -0.2) is 0 Å². The number of rotatable bonds is 0. The molecule has 5 rings (SSSR count). The summed E-state index contributed by atoms with van der Waals surface area (Å²) in [5.41, 5.74) is 6.25. The van der Waals surface area contributed by atoms with Gasteiger partial charge in [0.05, 0.1) is 0 Å². The van der Waals surface area contributed by atoms with Gasteiger partial charge < -0.3 is 0 Å². The molecule has 28 heavy (non-hydrogen) atoms. The Morgan fingerprint density at radius 2 is 1.39 bits per heavy atom. The highest BCUT2D eigenvalue weighted by molar-refractivity contribution is 9.11. The Kier molecular flexibility index (Phi) is 4.01. The van der Waals surface area contributed by atoms with Crippen LogP contribution in [0.3, 0.4) is 0 Å². The number of hydrogen-bond acceptors (Lipinski definition) is 0. The van der Waals surface area contributed by atoms with Crippen molar-refractivity contribution in [2.24, 2.45) is 10.8 Å². The lowest BCUT2D eigenvalue weighted by Gasteiger charge is -2.59. The molecule has 0 bridgehead atoms. The predicted molar refractivity (Wildman–Crippen MR) is 127 cm³/mol. The number of benzene rings is 3. The summed E-state index contributed by atoms with van der Waals surface area (Å²) in [4.78, 5) is 0. The molecule has 0 amide bonds. The maximum atomic E-state index is 3.93. The van der Waals surface area contributed by atoms with Gasteiger partial charge in [-0.2, -0.15) is 0 Å². The molecule has 0 heterocycles. The van der Waals surface area contributed by atoms with E-state index in [1.807, 2.05) is 0 Å². The van der Waals surface area contributed by atoms with Crippen LogP contribution in [0.15, 0.2) is 57.5 Å². The van der Waals surface area contributed by atoms with Crippen LogP contribution in [0.2, 0.25) is 0 Å². The van der Waals surface area contributed by atoms with Crippen molar-refractivity contribution in [2.45, 2.75) is 52.4 Å². The average Bonchev–Trinajstić information content (AvgIpc) is 2.91. The quantitative estimate of drug-likeness (QED) is 0.291. The normalized spacial score (nSPS) is 20.9. The molecule has 0 aliphatic heterocycles. The van der Waals surface area contributed by atoms with Crippen LogP contribution in [-0.2, 0) is 5.41 Å². The number of fused-ring (bicyclic) bond motifs is 7. The summed E-state index contributed by atoms with van der Waals surface area (Å²) in [6.07, 6.45) is 3.81. The highest BCUT2D eigenvalue weighted by atomic mass is 79.9. The van der Waals surface area contributed by atoms with Crippen molar-refractivity contribution in [3.63, 3.8) is 0 Å². The van der Waals surface area contributed by atoms with Crippen LogP contribution in [0, 0.1) is 10.8 Å². The van der Waals surface area contributed by atoms with Crippen molar-refractivity contribution >= 4 is 42.6 Å². The van der Waals surface area contributed by atoms with E-state index in [0.29, 0.717) is 0 Å². The highest BCUT2D eigenvalue weighted by Gasteiger charge is 2.62. The Bertz CT molecular complexity index is 1100. The van der Waals surface area contributed by atoms with Crippen LogP contribution in [0.25, 0.3) is 21.9 Å². The molecule has 3 aromatic rings. The molecule has 2 heteroatoms. The first kappa shape index (κ1) is 18.9. The monoisotopic (exact) mass is 496 g/mol. The van der Waals surface area contributed by atoms with Gasteiger partial charge in [0.15, 0.2) is 0 Å². The van der Waals surface area contributed by atoms with Crippen molar-refractivity contribution < 1.29 is 0 Å². The van der Waals surface area contributed by atoms with Crippen LogP contribution in [0.1, 0.15) is 58.1 Å². The van der Waals surface area contributed by atoms with E-state index in [4.69, 9.17) is 0 Å². The SMILES string of the molecule is CC1(C)CCCC(C)(C)C12c1cc(Br)ccc1-c1c2cc(Br)c2ccccc12. The van der Waals surface area contributed by atoms with Gasteiger partial charge in [0.1, 0.15) is 0 Å². The smallest absolute Gasteiger partial charge is 0.0318 e. The molecule has 2 aliphatic carbocycles. The van der Waals surface area contributed by atoms with Gasteiger partial charge in [-0.05, 0) is 74.9 Å². The third kappa shape index (κ3) is 2.17. The largest absolute Gasteiger partial charge is 0.0616 e. The van der Waals surface area contributed by atoms with Crippen molar-refractivity contribution in [3.8, 4) is 11.1 Å². The lowest BCUT2D eigenvalue weighted by molar-refractivity contribution is 0.00872. The minimum atomic E-state index is -0.000746. The Hall–Kier alpha value is -1.12. The lowest BCUT2D eigenvalue weighted by atomic mass is 9.44. The topological polar surface area (TPSA) is 0 Å². The minimum Gasteiger partial charge on any atom is -0.0616 e. The van der Waals surface area contributed by atoms with E-state index in [2.05, 4.69) is 108 Å². The summed E-state index contributed by atoms with van der Waals surface area (Å²) in [7, 11) is 0. The van der Waals surface area contributed by atoms with Gasteiger partial charge in [0.2, 0.25) is 0 Å². The van der Waals surface area contributed by atoms with E-state index in [9.17, 15) is 0 Å². The molecule has 144 valence electrons. The number of halogens is 2. The Morgan fingerprint density at radius 1 is 0.750 bits per heavy atom. The summed E-state index contributed by atoms with van der Waals surface area (Å²) in [5, 5.41) is 2.67. The first-order valence-corrected chi connectivity index (χ1v) is 11.8. The summed E-state index contributed by atoms with van der Waals surface area (Å²) in [6, 6.07) is 18.3. The first-order valence-electron chi connectivity index (χ1n) is 10.2. The van der Waals surface area contributed by atoms with E-state index in [1.54, 1.807) is 0 Å². The molecule has 0 unspecified atom stereocenters. The molecule has 3 aromatic carbocycles. The zero-order valence-electron chi connectivity index (χ0n) is 17.0. The van der Waals surface area contributed by atoms with Gasteiger partial charge in [-0.15, -0.1) is 0 Å². The van der Waals surface area contributed by atoms with E-state index < -0.39 is 0 Å². The fourth-order valence-corrected chi connectivity index (χ4v) is 7.76. The molecular formula is C26H26Br2. The molecule has 0 radical (unpaired) electrons. The van der Waals surface area contributed by atoms with Crippen LogP contribution in [-0.4, -0.2) is 0 Å². The molecule has 0 saturated heterocycles. The van der Waals surface area contributed by atoms with Crippen LogP contribution >= 0.6 is 31.9 Å². The summed E-state index contributed by atoms with van der Waals surface area (Å²) >= 11 is 7.72.